The van der Waals surface area contributed by atoms with E-state index in [1.807, 2.05) is 20.8 Å². The third-order valence-electron chi connectivity index (χ3n) is 4.78. The zero-order valence-corrected chi connectivity index (χ0v) is 15.2. The Morgan fingerprint density at radius 1 is 0.826 bits per heavy atom. The molecule has 5 nitrogen and oxygen atoms in total. The van der Waals surface area contributed by atoms with Gasteiger partial charge in [-0.25, -0.2) is 4.79 Å². The summed E-state index contributed by atoms with van der Waals surface area (Å²) in [5, 5.41) is 13.4. The van der Waals surface area contributed by atoms with E-state index in [1.54, 1.807) is 0 Å². The highest BCUT2D eigenvalue weighted by molar-refractivity contribution is 5.74. The van der Waals surface area contributed by atoms with E-state index in [2.05, 4.69) is 21.3 Å². The summed E-state index contributed by atoms with van der Waals surface area (Å²) < 4.78 is 0. The highest BCUT2D eigenvalue weighted by Gasteiger charge is 2.24. The molecule has 0 aromatic rings. The van der Waals surface area contributed by atoms with Crippen LogP contribution in [0.5, 0.6) is 0 Å². The largest absolute Gasteiger partial charge is 0.333 e. The molecule has 0 aliphatic heterocycles. The predicted octanol–water partition coefficient (Wildman–Crippen LogP) is 3.21. The van der Waals surface area contributed by atoms with Crippen LogP contribution < -0.4 is 21.3 Å². The Morgan fingerprint density at radius 3 is 1.65 bits per heavy atom. The van der Waals surface area contributed by atoms with Crippen LogP contribution in [0.3, 0.4) is 0 Å². The Balaban J connectivity index is 1.87. The molecule has 2 aliphatic rings. The van der Waals surface area contributed by atoms with Crippen LogP contribution in [0, 0.1) is 0 Å². The number of nitrogens with one attached hydrogen (secondary N) is 4. The van der Waals surface area contributed by atoms with Crippen molar-refractivity contribution in [2.45, 2.75) is 109 Å². The molecular formula is C18H36N4O. The molecule has 0 bridgehead atoms. The summed E-state index contributed by atoms with van der Waals surface area (Å²) in [4.78, 5) is 12.3. The first kappa shape index (κ1) is 18.5. The number of rotatable bonds is 5. The van der Waals surface area contributed by atoms with Gasteiger partial charge in [0.2, 0.25) is 0 Å². The molecule has 0 heterocycles. The van der Waals surface area contributed by atoms with E-state index < -0.39 is 0 Å². The van der Waals surface area contributed by atoms with Gasteiger partial charge in [-0.15, -0.1) is 0 Å². The molecule has 2 aliphatic carbocycles. The summed E-state index contributed by atoms with van der Waals surface area (Å²) in [5.41, 5.74) is -0.218. The Morgan fingerprint density at radius 2 is 1.26 bits per heavy atom. The van der Waals surface area contributed by atoms with Gasteiger partial charge in [-0.1, -0.05) is 38.5 Å². The molecule has 0 atom stereocenters. The maximum Gasteiger partial charge on any atom is 0.317 e. The normalized spacial score (nSPS) is 21.4. The monoisotopic (exact) mass is 324 g/mol. The molecule has 134 valence electrons. The molecule has 0 saturated heterocycles. The summed E-state index contributed by atoms with van der Waals surface area (Å²) in [6.07, 6.45) is 12.6. The zero-order chi connectivity index (χ0) is 16.7. The lowest BCUT2D eigenvalue weighted by atomic mass is 9.94. The first-order valence-electron chi connectivity index (χ1n) is 9.53. The molecule has 5 heteroatoms. The molecule has 2 fully saturated rings. The summed E-state index contributed by atoms with van der Waals surface area (Å²) in [6.45, 7) is 6.01. The number of hydrogen-bond acceptors (Lipinski definition) is 3. The minimum absolute atomic E-state index is 0.103. The average molecular weight is 325 g/mol. The molecule has 0 unspecified atom stereocenters. The maximum absolute atomic E-state index is 12.3. The van der Waals surface area contributed by atoms with Crippen molar-refractivity contribution in [3.8, 4) is 0 Å². The van der Waals surface area contributed by atoms with Gasteiger partial charge in [0.15, 0.2) is 0 Å². The van der Waals surface area contributed by atoms with E-state index in [0.29, 0.717) is 12.1 Å². The molecule has 2 saturated carbocycles. The van der Waals surface area contributed by atoms with Gasteiger partial charge in [0.25, 0.3) is 0 Å². The number of hydrogen-bond donors (Lipinski definition) is 4. The van der Waals surface area contributed by atoms with Crippen molar-refractivity contribution in [1.82, 2.24) is 21.3 Å². The standard InChI is InChI=1S/C18H36N4O/c1-18(2,3)22-17(23)21-16(19-14-10-6-4-7-11-14)20-15-12-8-5-9-13-15/h14-16,19-20H,4-13H2,1-3H3,(H2,21,22,23). The second-order valence-corrected chi connectivity index (χ2v) is 8.28. The second-order valence-electron chi connectivity index (χ2n) is 8.28. The lowest BCUT2D eigenvalue weighted by molar-refractivity contribution is 0.204. The fraction of sp³-hybridized carbons (Fsp3) is 0.944. The van der Waals surface area contributed by atoms with E-state index in [4.69, 9.17) is 0 Å². The van der Waals surface area contributed by atoms with E-state index in [1.165, 1.54) is 64.2 Å². The second kappa shape index (κ2) is 8.88. The van der Waals surface area contributed by atoms with Gasteiger partial charge in [0.05, 0.1) is 0 Å². The van der Waals surface area contributed by atoms with Crippen LogP contribution in [0.1, 0.15) is 85.0 Å². The van der Waals surface area contributed by atoms with Gasteiger partial charge in [0, 0.05) is 17.6 Å². The predicted molar refractivity (Wildman–Crippen MR) is 95.2 cm³/mol. The van der Waals surface area contributed by atoms with Crippen LogP contribution >= 0.6 is 0 Å². The topological polar surface area (TPSA) is 65.2 Å². The number of carbonyl (C=O) groups is 1. The third kappa shape index (κ3) is 7.53. The molecule has 0 aromatic carbocycles. The molecule has 23 heavy (non-hydrogen) atoms. The average Bonchev–Trinajstić information content (AvgIpc) is 2.47. The van der Waals surface area contributed by atoms with Crippen molar-refractivity contribution in [3.05, 3.63) is 0 Å². The molecule has 2 rings (SSSR count). The number of amides is 2. The Kier molecular flexibility index (Phi) is 7.15. The van der Waals surface area contributed by atoms with Crippen molar-refractivity contribution in [1.29, 1.82) is 0 Å². The third-order valence-corrected chi connectivity index (χ3v) is 4.78. The first-order chi connectivity index (χ1) is 10.9. The van der Waals surface area contributed by atoms with Crippen LogP contribution in [0.2, 0.25) is 0 Å². The van der Waals surface area contributed by atoms with Crippen molar-refractivity contribution in [2.75, 3.05) is 0 Å². The van der Waals surface area contributed by atoms with Crippen LogP contribution in [-0.2, 0) is 0 Å². The smallest absolute Gasteiger partial charge is 0.317 e. The minimum atomic E-state index is -0.218. The van der Waals surface area contributed by atoms with Gasteiger partial charge in [0.1, 0.15) is 6.29 Å². The van der Waals surface area contributed by atoms with Gasteiger partial charge in [-0.3, -0.25) is 10.6 Å². The molecule has 4 N–H and O–H groups in total. The van der Waals surface area contributed by atoms with E-state index in [9.17, 15) is 4.79 Å². The van der Waals surface area contributed by atoms with Crippen LogP contribution in [0.15, 0.2) is 0 Å². The van der Waals surface area contributed by atoms with Crippen molar-refractivity contribution in [2.24, 2.45) is 0 Å². The lowest BCUT2D eigenvalue weighted by Crippen LogP contribution is -2.63. The van der Waals surface area contributed by atoms with Gasteiger partial charge in [-0.2, -0.15) is 0 Å². The zero-order valence-electron chi connectivity index (χ0n) is 15.2. The lowest BCUT2D eigenvalue weighted by Gasteiger charge is -2.34. The summed E-state index contributed by atoms with van der Waals surface area (Å²) in [7, 11) is 0. The van der Waals surface area contributed by atoms with Gasteiger partial charge >= 0.3 is 6.03 Å². The van der Waals surface area contributed by atoms with Gasteiger partial charge < -0.3 is 10.6 Å². The van der Waals surface area contributed by atoms with Crippen LogP contribution in [0.4, 0.5) is 4.79 Å². The maximum atomic E-state index is 12.3. The number of urea groups is 1. The Bertz CT molecular complexity index is 335. The Hall–Kier alpha value is -0.810. The fourth-order valence-corrected chi connectivity index (χ4v) is 3.65. The molecule has 0 radical (unpaired) electrons. The van der Waals surface area contributed by atoms with Gasteiger partial charge in [-0.05, 0) is 46.5 Å². The summed E-state index contributed by atoms with van der Waals surface area (Å²) in [5.74, 6) is 0. The van der Waals surface area contributed by atoms with E-state index >= 15 is 0 Å². The highest BCUT2D eigenvalue weighted by atomic mass is 16.2. The highest BCUT2D eigenvalue weighted by Crippen LogP contribution is 2.19. The Labute approximate surface area is 141 Å². The van der Waals surface area contributed by atoms with Crippen molar-refractivity contribution < 1.29 is 4.79 Å². The SMILES string of the molecule is CC(C)(C)NC(=O)NC(NC1CCCCC1)NC1CCCCC1. The molecule has 0 spiro atoms. The quantitative estimate of drug-likeness (QED) is 0.587. The van der Waals surface area contributed by atoms with Crippen LogP contribution in [0.25, 0.3) is 0 Å². The summed E-state index contributed by atoms with van der Waals surface area (Å²) >= 11 is 0. The summed E-state index contributed by atoms with van der Waals surface area (Å²) in [6, 6.07) is 0.925. The number of carbonyl (C=O) groups excluding carboxylic acids is 1. The van der Waals surface area contributed by atoms with E-state index in [-0.39, 0.29) is 17.9 Å². The minimum Gasteiger partial charge on any atom is -0.333 e. The molecule has 0 aromatic heterocycles. The van der Waals surface area contributed by atoms with Crippen LogP contribution in [-0.4, -0.2) is 29.9 Å². The fourth-order valence-electron chi connectivity index (χ4n) is 3.65. The molecule has 2 amide bonds. The van der Waals surface area contributed by atoms with E-state index in [0.717, 1.165) is 0 Å². The van der Waals surface area contributed by atoms with Crippen molar-refractivity contribution in [3.63, 3.8) is 0 Å². The first-order valence-corrected chi connectivity index (χ1v) is 9.53. The molecular weight excluding hydrogens is 288 g/mol. The van der Waals surface area contributed by atoms with Crippen molar-refractivity contribution >= 4 is 6.03 Å².